The van der Waals surface area contributed by atoms with Crippen LogP contribution in [0.2, 0.25) is 0 Å². The Morgan fingerprint density at radius 1 is 1.56 bits per heavy atom. The van der Waals surface area contributed by atoms with Crippen molar-refractivity contribution in [3.8, 4) is 0 Å². The standard InChI is InChI=1S/C11H12N2O3/c1-3-15-11(14)13-8-5-4-6-9-10(8)12-7(2)16-9/h4-6H,3H2,1-2H3,(H,13,14). The van der Waals surface area contributed by atoms with E-state index in [1.165, 1.54) is 0 Å². The summed E-state index contributed by atoms with van der Waals surface area (Å²) in [6, 6.07) is 5.33. The molecule has 84 valence electrons. The molecule has 2 aromatic rings. The minimum absolute atomic E-state index is 0.333. The molecule has 0 saturated carbocycles. The molecule has 0 aliphatic heterocycles. The van der Waals surface area contributed by atoms with Crippen LogP contribution in [0.25, 0.3) is 11.1 Å². The molecule has 5 nitrogen and oxygen atoms in total. The molecule has 16 heavy (non-hydrogen) atoms. The molecular formula is C11H12N2O3. The fraction of sp³-hybridized carbons (Fsp3) is 0.273. The summed E-state index contributed by atoms with van der Waals surface area (Å²) in [5.74, 6) is 0.563. The third kappa shape index (κ3) is 1.98. The molecule has 0 fully saturated rings. The summed E-state index contributed by atoms with van der Waals surface area (Å²) in [4.78, 5) is 15.5. The normalized spacial score (nSPS) is 10.4. The van der Waals surface area contributed by atoms with E-state index >= 15 is 0 Å². The molecule has 1 aromatic heterocycles. The highest BCUT2D eigenvalue weighted by Gasteiger charge is 2.09. The SMILES string of the molecule is CCOC(=O)Nc1cccc2oc(C)nc12. The zero-order chi connectivity index (χ0) is 11.5. The van der Waals surface area contributed by atoms with Crippen LogP contribution in [0, 0.1) is 6.92 Å². The summed E-state index contributed by atoms with van der Waals surface area (Å²) >= 11 is 0. The molecule has 1 aromatic carbocycles. The molecule has 1 N–H and O–H groups in total. The maximum absolute atomic E-state index is 11.3. The lowest BCUT2D eigenvalue weighted by Crippen LogP contribution is -2.13. The summed E-state index contributed by atoms with van der Waals surface area (Å²) in [5.41, 5.74) is 1.87. The van der Waals surface area contributed by atoms with Crippen LogP contribution in [-0.4, -0.2) is 17.7 Å². The van der Waals surface area contributed by atoms with E-state index in [4.69, 9.17) is 9.15 Å². The van der Waals surface area contributed by atoms with Gasteiger partial charge in [0.25, 0.3) is 0 Å². The molecule has 0 bridgehead atoms. The molecule has 0 unspecified atom stereocenters. The van der Waals surface area contributed by atoms with E-state index in [-0.39, 0.29) is 0 Å². The highest BCUT2D eigenvalue weighted by Crippen LogP contribution is 2.23. The van der Waals surface area contributed by atoms with E-state index < -0.39 is 6.09 Å². The fourth-order valence-electron chi connectivity index (χ4n) is 1.44. The van der Waals surface area contributed by atoms with Crippen molar-refractivity contribution in [2.75, 3.05) is 11.9 Å². The molecule has 2 rings (SSSR count). The van der Waals surface area contributed by atoms with Gasteiger partial charge in [-0.15, -0.1) is 0 Å². The Morgan fingerprint density at radius 2 is 2.38 bits per heavy atom. The van der Waals surface area contributed by atoms with E-state index in [2.05, 4.69) is 10.3 Å². The Bertz CT molecular complexity index is 519. The van der Waals surface area contributed by atoms with Crippen molar-refractivity contribution in [2.24, 2.45) is 0 Å². The number of hydrogen-bond donors (Lipinski definition) is 1. The first-order chi connectivity index (χ1) is 7.70. The maximum atomic E-state index is 11.3. The average Bonchev–Trinajstić information content (AvgIpc) is 2.60. The Morgan fingerprint density at radius 3 is 3.12 bits per heavy atom. The van der Waals surface area contributed by atoms with Crippen molar-refractivity contribution in [2.45, 2.75) is 13.8 Å². The van der Waals surface area contributed by atoms with Crippen molar-refractivity contribution < 1.29 is 13.9 Å². The van der Waals surface area contributed by atoms with Crippen molar-refractivity contribution in [1.29, 1.82) is 0 Å². The zero-order valence-corrected chi connectivity index (χ0v) is 9.11. The number of carbonyl (C=O) groups excluding carboxylic acids is 1. The van der Waals surface area contributed by atoms with Gasteiger partial charge in [0.15, 0.2) is 11.5 Å². The number of carbonyl (C=O) groups is 1. The van der Waals surface area contributed by atoms with Crippen LogP contribution in [0.3, 0.4) is 0 Å². The summed E-state index contributed by atoms with van der Waals surface area (Å²) in [7, 11) is 0. The van der Waals surface area contributed by atoms with Crippen LogP contribution in [0.1, 0.15) is 12.8 Å². The first-order valence-electron chi connectivity index (χ1n) is 5.00. The monoisotopic (exact) mass is 220 g/mol. The summed E-state index contributed by atoms with van der Waals surface area (Å²) < 4.78 is 10.1. The molecule has 1 amide bonds. The number of aromatic nitrogens is 1. The first-order valence-corrected chi connectivity index (χ1v) is 5.00. The van der Waals surface area contributed by atoms with Crippen LogP contribution in [0.15, 0.2) is 22.6 Å². The van der Waals surface area contributed by atoms with Gasteiger partial charge in [-0.1, -0.05) is 6.07 Å². The van der Waals surface area contributed by atoms with Gasteiger partial charge < -0.3 is 9.15 Å². The second kappa shape index (κ2) is 4.22. The number of oxazole rings is 1. The number of hydrogen-bond acceptors (Lipinski definition) is 4. The van der Waals surface area contributed by atoms with E-state index in [0.29, 0.717) is 29.3 Å². The molecule has 5 heteroatoms. The average molecular weight is 220 g/mol. The Labute approximate surface area is 92.4 Å². The Balaban J connectivity index is 2.33. The number of aryl methyl sites for hydroxylation is 1. The predicted octanol–water partition coefficient (Wildman–Crippen LogP) is 2.70. The quantitative estimate of drug-likeness (QED) is 0.845. The molecule has 0 saturated heterocycles. The number of rotatable bonds is 2. The van der Waals surface area contributed by atoms with E-state index in [0.717, 1.165) is 0 Å². The van der Waals surface area contributed by atoms with Crippen LogP contribution >= 0.6 is 0 Å². The summed E-state index contributed by atoms with van der Waals surface area (Å²) in [6.07, 6.45) is -0.490. The number of nitrogens with zero attached hydrogens (tertiary/aromatic N) is 1. The first kappa shape index (κ1) is 10.5. The van der Waals surface area contributed by atoms with Crippen molar-refractivity contribution in [3.63, 3.8) is 0 Å². The Kier molecular flexibility index (Phi) is 2.76. The number of benzene rings is 1. The van der Waals surface area contributed by atoms with E-state index in [1.54, 1.807) is 32.0 Å². The highest BCUT2D eigenvalue weighted by molar-refractivity contribution is 5.96. The molecule has 0 spiro atoms. The van der Waals surface area contributed by atoms with Crippen LogP contribution in [0.5, 0.6) is 0 Å². The van der Waals surface area contributed by atoms with Crippen molar-refractivity contribution in [1.82, 2.24) is 4.98 Å². The summed E-state index contributed by atoms with van der Waals surface area (Å²) in [5, 5.41) is 2.62. The summed E-state index contributed by atoms with van der Waals surface area (Å²) in [6.45, 7) is 3.84. The number of amides is 1. The fourth-order valence-corrected chi connectivity index (χ4v) is 1.44. The minimum Gasteiger partial charge on any atom is -0.450 e. The Hall–Kier alpha value is -2.04. The number of anilines is 1. The minimum atomic E-state index is -0.490. The lowest BCUT2D eigenvalue weighted by molar-refractivity contribution is 0.168. The number of para-hydroxylation sites is 1. The van der Waals surface area contributed by atoms with Gasteiger partial charge in [-0.2, -0.15) is 0 Å². The van der Waals surface area contributed by atoms with Gasteiger partial charge in [-0.3, -0.25) is 5.32 Å². The predicted molar refractivity (Wildman–Crippen MR) is 59.4 cm³/mol. The van der Waals surface area contributed by atoms with Gasteiger partial charge in [0.1, 0.15) is 5.52 Å². The molecule has 0 aliphatic carbocycles. The topological polar surface area (TPSA) is 64.4 Å². The maximum Gasteiger partial charge on any atom is 0.411 e. The number of ether oxygens (including phenoxy) is 1. The molecule has 0 atom stereocenters. The van der Waals surface area contributed by atoms with Gasteiger partial charge in [-0.25, -0.2) is 9.78 Å². The number of fused-ring (bicyclic) bond motifs is 1. The van der Waals surface area contributed by atoms with Gasteiger partial charge >= 0.3 is 6.09 Å². The lowest BCUT2D eigenvalue weighted by atomic mass is 10.3. The molecular weight excluding hydrogens is 208 g/mol. The second-order valence-corrected chi connectivity index (χ2v) is 3.23. The molecule has 1 heterocycles. The largest absolute Gasteiger partial charge is 0.450 e. The van der Waals surface area contributed by atoms with Crippen molar-refractivity contribution >= 4 is 22.9 Å². The van der Waals surface area contributed by atoms with Crippen molar-refractivity contribution in [3.05, 3.63) is 24.1 Å². The third-order valence-corrected chi connectivity index (χ3v) is 2.04. The van der Waals surface area contributed by atoms with E-state index in [1.807, 2.05) is 0 Å². The second-order valence-electron chi connectivity index (χ2n) is 3.23. The molecule has 0 aliphatic rings. The van der Waals surface area contributed by atoms with Crippen LogP contribution < -0.4 is 5.32 Å². The lowest BCUT2D eigenvalue weighted by Gasteiger charge is -2.04. The number of nitrogens with one attached hydrogen (secondary N) is 1. The third-order valence-electron chi connectivity index (χ3n) is 2.04. The van der Waals surface area contributed by atoms with Gasteiger partial charge in [0, 0.05) is 6.92 Å². The van der Waals surface area contributed by atoms with E-state index in [9.17, 15) is 4.79 Å². The molecule has 0 radical (unpaired) electrons. The van der Waals surface area contributed by atoms with Gasteiger partial charge in [0.05, 0.1) is 12.3 Å². The van der Waals surface area contributed by atoms with Gasteiger partial charge in [-0.05, 0) is 19.1 Å². The zero-order valence-electron chi connectivity index (χ0n) is 9.11. The van der Waals surface area contributed by atoms with Crippen LogP contribution in [-0.2, 0) is 4.74 Å². The van der Waals surface area contributed by atoms with Gasteiger partial charge in [0.2, 0.25) is 0 Å². The highest BCUT2D eigenvalue weighted by atomic mass is 16.5. The smallest absolute Gasteiger partial charge is 0.411 e. The van der Waals surface area contributed by atoms with Crippen LogP contribution in [0.4, 0.5) is 10.5 Å².